The van der Waals surface area contributed by atoms with Gasteiger partial charge in [-0.05, 0) is 11.4 Å². The van der Waals surface area contributed by atoms with Gasteiger partial charge in [0.05, 0.1) is 6.54 Å². The second-order valence-corrected chi connectivity index (χ2v) is 4.28. The van der Waals surface area contributed by atoms with Crippen LogP contribution >= 0.6 is 11.3 Å². The predicted octanol–water partition coefficient (Wildman–Crippen LogP) is 1.72. The van der Waals surface area contributed by atoms with E-state index in [0.717, 1.165) is 11.3 Å². The summed E-state index contributed by atoms with van der Waals surface area (Å²) in [7, 11) is 0. The van der Waals surface area contributed by atoms with Crippen LogP contribution in [0.5, 0.6) is 0 Å². The van der Waals surface area contributed by atoms with Crippen molar-refractivity contribution >= 4 is 17.2 Å². The Labute approximate surface area is 110 Å². The number of aliphatic hydroxyl groups excluding tert-OH is 1. The molecule has 0 bridgehead atoms. The molecule has 0 fully saturated rings. The highest BCUT2D eigenvalue weighted by molar-refractivity contribution is 7.12. The first kappa shape index (κ1) is 15.5. The molecule has 1 aromatic heterocycles. The first-order valence-corrected chi connectivity index (χ1v) is 5.88. The number of nitrogens with one attached hydrogen (secondary N) is 1. The number of aliphatic hydroxyl groups is 1. The number of hydrogen-bond donors (Lipinski definition) is 2. The van der Waals surface area contributed by atoms with Gasteiger partial charge in [-0.3, -0.25) is 4.79 Å². The molecule has 3 nitrogen and oxygen atoms in total. The molecule has 0 atom stereocenters. The van der Waals surface area contributed by atoms with Crippen LogP contribution in [-0.4, -0.2) is 36.5 Å². The van der Waals surface area contributed by atoms with E-state index in [1.54, 1.807) is 5.32 Å². The van der Waals surface area contributed by atoms with Gasteiger partial charge in [0.25, 0.3) is 5.91 Å². The Balaban J connectivity index is 2.72. The fraction of sp³-hybridized carbons (Fsp3) is 0.364. The number of carbonyl (C=O) groups is 1. The maximum absolute atomic E-state index is 12.6. The van der Waals surface area contributed by atoms with Crippen molar-refractivity contribution in [1.29, 1.82) is 0 Å². The van der Waals surface area contributed by atoms with Crippen LogP contribution < -0.4 is 5.32 Å². The lowest BCUT2D eigenvalue weighted by Gasteiger charge is -2.15. The summed E-state index contributed by atoms with van der Waals surface area (Å²) >= 11 is 0.938. The zero-order valence-corrected chi connectivity index (χ0v) is 10.2. The van der Waals surface area contributed by atoms with Gasteiger partial charge < -0.3 is 10.4 Å². The zero-order valence-electron chi connectivity index (χ0n) is 9.42. The molecule has 8 heteroatoms. The van der Waals surface area contributed by atoms with E-state index in [1.807, 2.05) is 0 Å². The summed E-state index contributed by atoms with van der Waals surface area (Å²) in [6.07, 6.45) is -3.84. The third-order valence-corrected chi connectivity index (χ3v) is 2.89. The van der Waals surface area contributed by atoms with E-state index < -0.39 is 31.4 Å². The van der Waals surface area contributed by atoms with Gasteiger partial charge >= 0.3 is 12.3 Å². The SMILES string of the molecule is O=C(NCC(F)(F)C(F)F)c1sccc1C#CCO. The Hall–Kier alpha value is -1.59. The molecular formula is C11H9F4NO2S. The van der Waals surface area contributed by atoms with E-state index in [9.17, 15) is 22.4 Å². The minimum absolute atomic E-state index is 0.0333. The number of hydrogen-bond acceptors (Lipinski definition) is 3. The highest BCUT2D eigenvalue weighted by Gasteiger charge is 2.41. The van der Waals surface area contributed by atoms with E-state index in [-0.39, 0.29) is 10.4 Å². The standard InChI is InChI=1S/C11H9F4NO2S/c12-10(13)11(14,15)6-16-9(18)8-7(2-1-4-17)3-5-19-8/h3,5,10,17H,4,6H2,(H,16,18). The average molecular weight is 295 g/mol. The first-order valence-electron chi connectivity index (χ1n) is 5.00. The molecule has 1 amide bonds. The van der Waals surface area contributed by atoms with Crippen LogP contribution in [0.4, 0.5) is 17.6 Å². The third kappa shape index (κ3) is 4.22. The monoisotopic (exact) mass is 295 g/mol. The van der Waals surface area contributed by atoms with Crippen molar-refractivity contribution in [3.8, 4) is 11.8 Å². The van der Waals surface area contributed by atoms with Crippen LogP contribution in [0.1, 0.15) is 15.2 Å². The van der Waals surface area contributed by atoms with Crippen molar-refractivity contribution in [3.63, 3.8) is 0 Å². The van der Waals surface area contributed by atoms with Gasteiger partial charge in [0.1, 0.15) is 11.5 Å². The van der Waals surface area contributed by atoms with E-state index in [0.29, 0.717) is 0 Å². The first-order chi connectivity index (χ1) is 8.88. The van der Waals surface area contributed by atoms with Crippen molar-refractivity contribution < 1.29 is 27.5 Å². The van der Waals surface area contributed by atoms with Crippen LogP contribution in [-0.2, 0) is 0 Å². The van der Waals surface area contributed by atoms with Gasteiger partial charge in [-0.2, -0.15) is 8.78 Å². The van der Waals surface area contributed by atoms with E-state index in [1.165, 1.54) is 11.4 Å². The molecule has 0 saturated carbocycles. The molecule has 0 aliphatic rings. The fourth-order valence-corrected chi connectivity index (χ4v) is 1.84. The van der Waals surface area contributed by atoms with E-state index in [4.69, 9.17) is 5.11 Å². The number of carbonyl (C=O) groups excluding carboxylic acids is 1. The van der Waals surface area contributed by atoms with Crippen molar-refractivity contribution in [2.45, 2.75) is 12.3 Å². The Morgan fingerprint density at radius 3 is 2.79 bits per heavy atom. The molecule has 1 heterocycles. The van der Waals surface area contributed by atoms with E-state index >= 15 is 0 Å². The molecule has 104 valence electrons. The number of amides is 1. The summed E-state index contributed by atoms with van der Waals surface area (Å²) in [5.74, 6) is -0.421. The van der Waals surface area contributed by atoms with Crippen molar-refractivity contribution in [1.82, 2.24) is 5.32 Å². The summed E-state index contributed by atoms with van der Waals surface area (Å²) in [5.41, 5.74) is 0.247. The summed E-state index contributed by atoms with van der Waals surface area (Å²) in [6.45, 7) is -1.87. The summed E-state index contributed by atoms with van der Waals surface area (Å²) in [4.78, 5) is 11.6. The molecule has 0 aliphatic heterocycles. The molecule has 0 radical (unpaired) electrons. The van der Waals surface area contributed by atoms with E-state index in [2.05, 4.69) is 11.8 Å². The maximum atomic E-state index is 12.6. The molecule has 0 saturated heterocycles. The van der Waals surface area contributed by atoms with Gasteiger partial charge in [0.15, 0.2) is 0 Å². The lowest BCUT2D eigenvalue weighted by molar-refractivity contribution is -0.123. The molecule has 0 unspecified atom stereocenters. The number of halogens is 4. The molecular weight excluding hydrogens is 286 g/mol. The van der Waals surface area contributed by atoms with Crippen LogP contribution in [0.2, 0.25) is 0 Å². The van der Waals surface area contributed by atoms with Gasteiger partial charge in [-0.25, -0.2) is 8.78 Å². The van der Waals surface area contributed by atoms with Crippen molar-refractivity contribution in [2.24, 2.45) is 0 Å². The van der Waals surface area contributed by atoms with Gasteiger partial charge in [0, 0.05) is 5.56 Å². The highest BCUT2D eigenvalue weighted by Crippen LogP contribution is 2.22. The topological polar surface area (TPSA) is 49.3 Å². The van der Waals surface area contributed by atoms with Crippen LogP contribution in [0.3, 0.4) is 0 Å². The molecule has 2 N–H and O–H groups in total. The average Bonchev–Trinajstić information content (AvgIpc) is 2.81. The highest BCUT2D eigenvalue weighted by atomic mass is 32.1. The van der Waals surface area contributed by atoms with Gasteiger partial charge in [0.2, 0.25) is 0 Å². The van der Waals surface area contributed by atoms with Crippen molar-refractivity contribution in [2.75, 3.05) is 13.2 Å². The van der Waals surface area contributed by atoms with Crippen molar-refractivity contribution in [3.05, 3.63) is 21.9 Å². The largest absolute Gasteiger partial charge is 0.384 e. The molecule has 0 aromatic carbocycles. The third-order valence-electron chi connectivity index (χ3n) is 1.98. The zero-order chi connectivity index (χ0) is 14.5. The van der Waals surface area contributed by atoms with Crippen LogP contribution in [0.15, 0.2) is 11.4 Å². The number of thiophene rings is 1. The fourth-order valence-electron chi connectivity index (χ4n) is 1.07. The normalized spacial score (nSPS) is 11.1. The Kier molecular flexibility index (Phi) is 5.32. The second kappa shape index (κ2) is 6.54. The number of alkyl halides is 4. The predicted molar refractivity (Wildman–Crippen MR) is 61.6 cm³/mol. The molecule has 19 heavy (non-hydrogen) atoms. The quantitative estimate of drug-likeness (QED) is 0.656. The minimum Gasteiger partial charge on any atom is -0.384 e. The smallest absolute Gasteiger partial charge is 0.324 e. The summed E-state index contributed by atoms with van der Waals surface area (Å²) < 4.78 is 49.1. The summed E-state index contributed by atoms with van der Waals surface area (Å²) in [5, 5.41) is 11.7. The van der Waals surface area contributed by atoms with Crippen LogP contribution in [0.25, 0.3) is 0 Å². The maximum Gasteiger partial charge on any atom is 0.324 e. The molecule has 0 aliphatic carbocycles. The Morgan fingerprint density at radius 2 is 2.21 bits per heavy atom. The Bertz CT molecular complexity index is 504. The van der Waals surface area contributed by atoms with Crippen LogP contribution in [0, 0.1) is 11.8 Å². The van der Waals surface area contributed by atoms with Gasteiger partial charge in [-0.15, -0.1) is 11.3 Å². The lowest BCUT2D eigenvalue weighted by Crippen LogP contribution is -2.41. The lowest BCUT2D eigenvalue weighted by atomic mass is 10.2. The Morgan fingerprint density at radius 1 is 1.53 bits per heavy atom. The summed E-state index contributed by atoms with van der Waals surface area (Å²) in [6, 6.07) is 1.47. The number of rotatable bonds is 4. The molecule has 1 aromatic rings. The van der Waals surface area contributed by atoms with Gasteiger partial charge in [-0.1, -0.05) is 11.8 Å². The second-order valence-electron chi connectivity index (χ2n) is 3.37. The molecule has 1 rings (SSSR count). The minimum atomic E-state index is -4.27. The molecule has 0 spiro atoms.